The summed E-state index contributed by atoms with van der Waals surface area (Å²) in [6, 6.07) is 4.30. The highest BCUT2D eigenvalue weighted by Crippen LogP contribution is 2.49. The predicted octanol–water partition coefficient (Wildman–Crippen LogP) is 7.75. The summed E-state index contributed by atoms with van der Waals surface area (Å²) in [4.78, 5) is 25.9. The standard InChI is InChI=1S/C36H56F2N3O8P/c1-23(2)10-7-11-24(3)12-8-13-25(4)14-9-17-35(6)18-15-27-21-28(20-26(5)31(27)48-35)49-50(44,45)46-22-29-32(42)36(37,38)33(47-29)41-19-16-30(39)40-34(41)43/h16,19-21,23-25,29,32-33,42H,7-15,17-18,22H2,1-6H3,(H,44,45)(H2,39,40,43)/t24?,25?,29-,32?,33-,35?/m1/s1. The molecule has 1 aromatic heterocycles. The van der Waals surface area contributed by atoms with E-state index >= 15 is 0 Å². The summed E-state index contributed by atoms with van der Waals surface area (Å²) in [5.74, 6) is -1.10. The first kappa shape index (κ1) is 40.2. The Hall–Kier alpha value is -2.57. The van der Waals surface area contributed by atoms with Crippen molar-refractivity contribution in [1.29, 1.82) is 0 Å². The van der Waals surface area contributed by atoms with Crippen LogP contribution in [0.5, 0.6) is 11.5 Å². The molecule has 0 saturated carbocycles. The van der Waals surface area contributed by atoms with Crippen LogP contribution in [0.3, 0.4) is 0 Å². The van der Waals surface area contributed by atoms with Crippen LogP contribution in [-0.4, -0.2) is 49.9 Å². The van der Waals surface area contributed by atoms with Gasteiger partial charge in [0.15, 0.2) is 6.10 Å². The predicted molar refractivity (Wildman–Crippen MR) is 187 cm³/mol. The molecule has 0 aliphatic carbocycles. The topological polar surface area (TPSA) is 155 Å². The van der Waals surface area contributed by atoms with E-state index in [-0.39, 0.29) is 17.2 Å². The number of aliphatic hydroxyl groups is 1. The Morgan fingerprint density at radius 3 is 2.38 bits per heavy atom. The lowest BCUT2D eigenvalue weighted by Gasteiger charge is -2.37. The summed E-state index contributed by atoms with van der Waals surface area (Å²) < 4.78 is 65.0. The van der Waals surface area contributed by atoms with Gasteiger partial charge in [-0.2, -0.15) is 13.8 Å². The molecular formula is C36H56F2N3O8P. The Morgan fingerprint density at radius 2 is 1.74 bits per heavy atom. The second-order valence-corrected chi connectivity index (χ2v) is 16.6. The highest BCUT2D eigenvalue weighted by atomic mass is 31.2. The van der Waals surface area contributed by atoms with Crippen molar-refractivity contribution in [2.45, 2.75) is 142 Å². The lowest BCUT2D eigenvalue weighted by atomic mass is 9.85. The molecule has 4 rings (SSSR count). The molecule has 50 heavy (non-hydrogen) atoms. The summed E-state index contributed by atoms with van der Waals surface area (Å²) in [7, 11) is -4.85. The Labute approximate surface area is 294 Å². The number of hydrogen-bond acceptors (Lipinski definition) is 9. The van der Waals surface area contributed by atoms with Crippen LogP contribution in [-0.2, 0) is 20.2 Å². The third-order valence-electron chi connectivity index (χ3n) is 9.98. The average Bonchev–Trinajstić information content (AvgIpc) is 3.23. The fraction of sp³-hybridized carbons (Fsp3) is 0.722. The lowest BCUT2D eigenvalue weighted by Crippen LogP contribution is -2.42. The molecule has 11 nitrogen and oxygen atoms in total. The summed E-state index contributed by atoms with van der Waals surface area (Å²) in [5, 5.41) is 10.2. The van der Waals surface area contributed by atoms with Gasteiger partial charge in [-0.05, 0) is 86.6 Å². The maximum absolute atomic E-state index is 14.8. The van der Waals surface area contributed by atoms with Crippen LogP contribution >= 0.6 is 7.82 Å². The highest BCUT2D eigenvalue weighted by molar-refractivity contribution is 7.47. The molecule has 0 radical (unpaired) electrons. The number of phosphoric ester groups is 1. The van der Waals surface area contributed by atoms with Crippen LogP contribution in [0.2, 0.25) is 0 Å². The summed E-state index contributed by atoms with van der Waals surface area (Å²) in [5.41, 5.74) is 5.54. The number of hydrogen-bond donors (Lipinski definition) is 3. The smallest absolute Gasteiger partial charge is 0.487 e. The molecule has 7 atom stereocenters. The number of nitrogens with zero attached hydrogens (tertiary/aromatic N) is 2. The number of benzene rings is 1. The molecule has 0 spiro atoms. The number of fused-ring (bicyclic) bond motifs is 1. The average molecular weight is 728 g/mol. The molecule has 5 unspecified atom stereocenters. The van der Waals surface area contributed by atoms with Gasteiger partial charge in [0.05, 0.1) is 6.61 Å². The SMILES string of the molecule is Cc1cc(OP(=O)(O)OC[C@H]2O[C@@H](n3ccc(N)nc3=O)C(F)(F)C2O)cc2c1OC(C)(CCCC(C)CCCC(C)CCCC(C)C)CC2. The van der Waals surface area contributed by atoms with E-state index in [0.717, 1.165) is 66.7 Å². The fourth-order valence-electron chi connectivity index (χ4n) is 6.91. The van der Waals surface area contributed by atoms with Crippen LogP contribution in [0, 0.1) is 24.7 Å². The number of aryl methyl sites for hydroxylation is 2. The monoisotopic (exact) mass is 727 g/mol. The van der Waals surface area contributed by atoms with Crippen molar-refractivity contribution < 1.29 is 41.9 Å². The zero-order chi connectivity index (χ0) is 36.9. The van der Waals surface area contributed by atoms with Gasteiger partial charge in [0.1, 0.15) is 29.0 Å². The van der Waals surface area contributed by atoms with Gasteiger partial charge in [-0.3, -0.25) is 14.0 Å². The maximum Gasteiger partial charge on any atom is 0.527 e. The molecule has 282 valence electrons. The maximum atomic E-state index is 14.8. The second-order valence-electron chi connectivity index (χ2n) is 15.2. The highest BCUT2D eigenvalue weighted by Gasteiger charge is 2.60. The van der Waals surface area contributed by atoms with Gasteiger partial charge in [-0.1, -0.05) is 72.6 Å². The molecule has 1 fully saturated rings. The Kier molecular flexibility index (Phi) is 13.5. The van der Waals surface area contributed by atoms with Crippen LogP contribution in [0.25, 0.3) is 0 Å². The minimum Gasteiger partial charge on any atom is -0.487 e. The first-order chi connectivity index (χ1) is 23.4. The van der Waals surface area contributed by atoms with Crippen LogP contribution < -0.4 is 20.7 Å². The van der Waals surface area contributed by atoms with Crippen LogP contribution in [0.1, 0.15) is 116 Å². The molecule has 0 amide bonds. The van der Waals surface area contributed by atoms with E-state index < -0.39 is 44.5 Å². The number of anilines is 1. The number of nitrogen functional groups attached to an aromatic ring is 1. The van der Waals surface area contributed by atoms with E-state index in [1.54, 1.807) is 12.1 Å². The van der Waals surface area contributed by atoms with E-state index in [1.807, 2.05) is 6.92 Å². The first-order valence-electron chi connectivity index (χ1n) is 17.9. The molecule has 3 heterocycles. The summed E-state index contributed by atoms with van der Waals surface area (Å²) in [6.45, 7) is 12.3. The molecule has 2 aromatic rings. The molecule has 1 aromatic carbocycles. The molecule has 0 bridgehead atoms. The van der Waals surface area contributed by atoms with Crippen molar-refractivity contribution in [1.82, 2.24) is 9.55 Å². The van der Waals surface area contributed by atoms with Crippen molar-refractivity contribution in [3.05, 3.63) is 46.0 Å². The molecule has 2 aliphatic heterocycles. The molecular weight excluding hydrogens is 671 g/mol. The molecule has 4 N–H and O–H groups in total. The van der Waals surface area contributed by atoms with Gasteiger partial charge >= 0.3 is 19.4 Å². The van der Waals surface area contributed by atoms with Gasteiger partial charge in [0.25, 0.3) is 0 Å². The minimum absolute atomic E-state index is 0.0537. The van der Waals surface area contributed by atoms with Gasteiger partial charge < -0.3 is 24.8 Å². The van der Waals surface area contributed by atoms with Crippen molar-refractivity contribution in [2.24, 2.45) is 17.8 Å². The molecule has 1 saturated heterocycles. The van der Waals surface area contributed by atoms with Gasteiger partial charge in [0, 0.05) is 6.20 Å². The van der Waals surface area contributed by atoms with E-state index in [9.17, 15) is 28.1 Å². The number of alkyl halides is 2. The fourth-order valence-corrected chi connectivity index (χ4v) is 7.67. The third kappa shape index (κ3) is 10.7. The van der Waals surface area contributed by atoms with Gasteiger partial charge in [-0.15, -0.1) is 0 Å². The van der Waals surface area contributed by atoms with Crippen molar-refractivity contribution >= 4 is 13.6 Å². The quantitative estimate of drug-likeness (QED) is 0.130. The Bertz CT molecular complexity index is 1540. The van der Waals surface area contributed by atoms with Crippen LogP contribution in [0.4, 0.5) is 14.6 Å². The largest absolute Gasteiger partial charge is 0.527 e. The van der Waals surface area contributed by atoms with E-state index in [1.165, 1.54) is 38.5 Å². The Morgan fingerprint density at radius 1 is 1.10 bits per heavy atom. The lowest BCUT2D eigenvalue weighted by molar-refractivity contribution is -0.140. The zero-order valence-electron chi connectivity index (χ0n) is 30.3. The Balaban J connectivity index is 1.25. The normalized spacial score (nSPS) is 25.5. The zero-order valence-corrected chi connectivity index (χ0v) is 31.2. The third-order valence-corrected chi connectivity index (χ3v) is 10.9. The number of phosphoric acid groups is 1. The van der Waals surface area contributed by atoms with Crippen molar-refractivity contribution in [3.63, 3.8) is 0 Å². The van der Waals surface area contributed by atoms with E-state index in [4.69, 9.17) is 24.3 Å². The van der Waals surface area contributed by atoms with Crippen LogP contribution in [0.15, 0.2) is 29.2 Å². The summed E-state index contributed by atoms with van der Waals surface area (Å²) >= 11 is 0. The molecule has 2 aliphatic rings. The van der Waals surface area contributed by atoms with Crippen molar-refractivity contribution in [3.8, 4) is 11.5 Å². The summed E-state index contributed by atoms with van der Waals surface area (Å²) in [6.07, 6.45) is 6.93. The van der Waals surface area contributed by atoms with Gasteiger partial charge in [-0.25, -0.2) is 9.36 Å². The number of aromatic nitrogens is 2. The van der Waals surface area contributed by atoms with Crippen molar-refractivity contribution in [2.75, 3.05) is 12.3 Å². The minimum atomic E-state index is -4.85. The van der Waals surface area contributed by atoms with Gasteiger partial charge in [0.2, 0.25) is 6.23 Å². The van der Waals surface area contributed by atoms with E-state index in [0.29, 0.717) is 16.9 Å². The number of ether oxygens (including phenoxy) is 2. The second kappa shape index (κ2) is 16.8. The number of aliphatic hydroxyl groups excluding tert-OH is 1. The molecule has 14 heteroatoms. The van der Waals surface area contributed by atoms with E-state index in [2.05, 4.69) is 39.6 Å². The first-order valence-corrected chi connectivity index (χ1v) is 19.4. The number of rotatable bonds is 18. The number of nitrogens with two attached hydrogens (primary N) is 1. The number of halogens is 2.